The van der Waals surface area contributed by atoms with Crippen molar-refractivity contribution in [3.8, 4) is 11.5 Å². The van der Waals surface area contributed by atoms with Gasteiger partial charge in [0.25, 0.3) is 0 Å². The van der Waals surface area contributed by atoms with Crippen LogP contribution in [0.4, 0.5) is 0 Å². The summed E-state index contributed by atoms with van der Waals surface area (Å²) in [5.41, 5.74) is 2.12. The fraction of sp³-hybridized carbons (Fsp3) is 0.415. The molecule has 0 aliphatic rings. The van der Waals surface area contributed by atoms with E-state index in [0.29, 0.717) is 58.4 Å². The van der Waals surface area contributed by atoms with Gasteiger partial charge in [0.2, 0.25) is 0 Å². The highest BCUT2D eigenvalue weighted by Gasteiger charge is 2.18. The van der Waals surface area contributed by atoms with Gasteiger partial charge in [-0.05, 0) is 68.0 Å². The molecule has 3 aromatic carbocycles. The van der Waals surface area contributed by atoms with Crippen molar-refractivity contribution in [1.29, 1.82) is 0 Å². The van der Waals surface area contributed by atoms with Gasteiger partial charge in [-0.2, -0.15) is 0 Å². The van der Waals surface area contributed by atoms with Gasteiger partial charge in [-0.25, -0.2) is 9.59 Å². The van der Waals surface area contributed by atoms with Crippen molar-refractivity contribution in [2.45, 2.75) is 44.8 Å². The number of rotatable bonds is 28. The highest BCUT2D eigenvalue weighted by Crippen LogP contribution is 2.21. The monoisotopic (exact) mass is 704 g/mol. The summed E-state index contributed by atoms with van der Waals surface area (Å²) in [4.78, 5) is 23.7. The van der Waals surface area contributed by atoms with Gasteiger partial charge in [0, 0.05) is 38.1 Å². The zero-order chi connectivity index (χ0) is 36.4. The van der Waals surface area contributed by atoms with Crippen LogP contribution >= 0.6 is 0 Å². The van der Waals surface area contributed by atoms with Gasteiger partial charge in [-0.3, -0.25) is 0 Å². The van der Waals surface area contributed by atoms with Gasteiger partial charge in [-0.1, -0.05) is 73.8 Å². The second kappa shape index (κ2) is 25.5. The van der Waals surface area contributed by atoms with E-state index < -0.39 is 24.1 Å². The Balaban J connectivity index is 1.14. The molecule has 0 heterocycles. The summed E-state index contributed by atoms with van der Waals surface area (Å²) in [7, 11) is 0. The van der Waals surface area contributed by atoms with E-state index in [4.69, 9.17) is 37.9 Å². The Labute approximate surface area is 302 Å². The Hall–Kier alpha value is -4.48. The summed E-state index contributed by atoms with van der Waals surface area (Å²) in [5.74, 6) is 0.582. The van der Waals surface area contributed by atoms with Crippen molar-refractivity contribution in [3.63, 3.8) is 0 Å². The van der Waals surface area contributed by atoms with Crippen LogP contribution in [0.15, 0.2) is 110 Å². The van der Waals surface area contributed by atoms with E-state index in [1.165, 1.54) is 0 Å². The lowest BCUT2D eigenvalue weighted by atomic mass is 10.1. The molecule has 10 nitrogen and oxygen atoms in total. The molecular weight excluding hydrogens is 652 g/mol. The topological polar surface area (TPSA) is 108 Å². The fourth-order valence-corrected chi connectivity index (χ4v) is 4.62. The Bertz CT molecular complexity index is 1390. The highest BCUT2D eigenvalue weighted by atomic mass is 16.6. The molecule has 0 saturated heterocycles. The summed E-state index contributed by atoms with van der Waals surface area (Å²) in [6.07, 6.45) is 3.55. The summed E-state index contributed by atoms with van der Waals surface area (Å²) >= 11 is 0. The summed E-state index contributed by atoms with van der Waals surface area (Å²) < 4.78 is 45.4. The molecule has 10 heteroatoms. The quantitative estimate of drug-likeness (QED) is 0.0431. The number of hydrogen-bond donors (Lipinski definition) is 0. The third-order valence-corrected chi connectivity index (χ3v) is 7.38. The zero-order valence-corrected chi connectivity index (χ0v) is 29.7. The lowest BCUT2D eigenvalue weighted by Crippen LogP contribution is -2.17. The maximum Gasteiger partial charge on any atom is 0.333 e. The summed E-state index contributed by atoms with van der Waals surface area (Å²) in [5, 5.41) is 0. The molecule has 0 amide bonds. The van der Waals surface area contributed by atoms with E-state index >= 15 is 0 Å². The Kier molecular flexibility index (Phi) is 20.4. The number of carbonyl (C=O) groups excluding carboxylic acids is 2. The normalized spacial score (nSPS) is 12.0. The van der Waals surface area contributed by atoms with Crippen LogP contribution in [0.1, 0.15) is 55.9 Å². The summed E-state index contributed by atoms with van der Waals surface area (Å²) in [6, 6.07) is 26.5. The number of hydrogen-bond acceptors (Lipinski definition) is 10. The maximum atomic E-state index is 12.0. The number of ether oxygens (including phenoxy) is 8. The molecule has 276 valence electrons. The predicted molar refractivity (Wildman–Crippen MR) is 195 cm³/mol. The second-order valence-corrected chi connectivity index (χ2v) is 11.6. The van der Waals surface area contributed by atoms with Crippen molar-refractivity contribution in [3.05, 3.63) is 121 Å². The smallest absolute Gasteiger partial charge is 0.333 e. The van der Waals surface area contributed by atoms with E-state index in [0.717, 1.165) is 54.4 Å². The van der Waals surface area contributed by atoms with E-state index in [1.807, 2.05) is 84.9 Å². The molecular formula is C41H52O10. The zero-order valence-electron chi connectivity index (χ0n) is 29.7. The number of esters is 2. The molecule has 0 aliphatic carbocycles. The van der Waals surface area contributed by atoms with Gasteiger partial charge in [0.15, 0.2) is 12.2 Å². The molecule has 0 fully saturated rings. The Morgan fingerprint density at radius 1 is 0.569 bits per heavy atom. The largest absolute Gasteiger partial charge is 0.491 e. The molecule has 2 unspecified atom stereocenters. The van der Waals surface area contributed by atoms with Gasteiger partial charge >= 0.3 is 11.9 Å². The third kappa shape index (κ3) is 17.8. The van der Waals surface area contributed by atoms with E-state index in [1.54, 1.807) is 6.92 Å². The molecule has 2 atom stereocenters. The number of carbonyl (C=O) groups is 2. The van der Waals surface area contributed by atoms with Crippen molar-refractivity contribution in [2.75, 3.05) is 66.1 Å². The van der Waals surface area contributed by atoms with E-state index in [2.05, 4.69) is 13.2 Å². The average molecular weight is 705 g/mol. The van der Waals surface area contributed by atoms with Crippen LogP contribution in [-0.2, 0) is 38.0 Å². The first-order valence-electron chi connectivity index (χ1n) is 17.4. The lowest BCUT2D eigenvalue weighted by molar-refractivity contribution is -0.148. The molecule has 51 heavy (non-hydrogen) atoms. The van der Waals surface area contributed by atoms with Crippen LogP contribution in [0.2, 0.25) is 0 Å². The van der Waals surface area contributed by atoms with Crippen molar-refractivity contribution in [2.24, 2.45) is 0 Å². The minimum Gasteiger partial charge on any atom is -0.491 e. The van der Waals surface area contributed by atoms with Crippen molar-refractivity contribution < 1.29 is 47.5 Å². The standard InChI is InChI=1S/C41H52O10/c1-4-40(42)50-38(34-15-7-5-8-16-34)31-46-25-13-11-23-44-27-29-48-36-19-21-37(22-20-36)49-30-28-45-24-12-14-26-47-32-39(51-41(43)33(2)3)35-17-9-6-10-18-35/h4-10,15-22,38-39H,1-2,11-14,23-32H2,3H3. The van der Waals surface area contributed by atoms with Crippen molar-refractivity contribution >= 4 is 11.9 Å². The fourth-order valence-electron chi connectivity index (χ4n) is 4.62. The van der Waals surface area contributed by atoms with Gasteiger partial charge < -0.3 is 37.9 Å². The molecule has 0 bridgehead atoms. The third-order valence-electron chi connectivity index (χ3n) is 7.38. The van der Waals surface area contributed by atoms with Crippen LogP contribution in [-0.4, -0.2) is 78.0 Å². The molecule has 0 aliphatic heterocycles. The van der Waals surface area contributed by atoms with Crippen LogP contribution < -0.4 is 9.47 Å². The molecule has 3 aromatic rings. The molecule has 0 N–H and O–H groups in total. The van der Waals surface area contributed by atoms with Crippen LogP contribution in [0.5, 0.6) is 11.5 Å². The Morgan fingerprint density at radius 2 is 0.980 bits per heavy atom. The number of unbranched alkanes of at least 4 members (excludes halogenated alkanes) is 2. The van der Waals surface area contributed by atoms with E-state index in [-0.39, 0.29) is 13.2 Å². The highest BCUT2D eigenvalue weighted by molar-refractivity contribution is 5.87. The lowest BCUT2D eigenvalue weighted by Gasteiger charge is -2.18. The molecule has 0 aromatic heterocycles. The predicted octanol–water partition coefficient (Wildman–Crippen LogP) is 7.40. The van der Waals surface area contributed by atoms with Crippen LogP contribution in [0, 0.1) is 0 Å². The molecule has 3 rings (SSSR count). The van der Waals surface area contributed by atoms with Gasteiger partial charge in [-0.15, -0.1) is 0 Å². The first-order chi connectivity index (χ1) is 25.0. The minimum atomic E-state index is -0.475. The molecule has 0 radical (unpaired) electrons. The first kappa shape index (κ1) is 40.9. The summed E-state index contributed by atoms with van der Waals surface area (Å²) in [6.45, 7) is 13.4. The molecule has 0 spiro atoms. The Morgan fingerprint density at radius 3 is 1.39 bits per heavy atom. The maximum absolute atomic E-state index is 12.0. The first-order valence-corrected chi connectivity index (χ1v) is 17.4. The average Bonchev–Trinajstić information content (AvgIpc) is 3.16. The molecule has 0 saturated carbocycles. The van der Waals surface area contributed by atoms with Crippen LogP contribution in [0.25, 0.3) is 0 Å². The van der Waals surface area contributed by atoms with Gasteiger partial charge in [0.1, 0.15) is 24.7 Å². The van der Waals surface area contributed by atoms with Crippen molar-refractivity contribution in [1.82, 2.24) is 0 Å². The number of benzene rings is 3. The SMILES string of the molecule is C=CC(=O)OC(COCCCCOCCOc1ccc(OCCOCCCCOCC(OC(=O)C(=C)C)c2ccccc2)cc1)c1ccccc1. The minimum absolute atomic E-state index is 0.281. The second-order valence-electron chi connectivity index (χ2n) is 11.6. The van der Waals surface area contributed by atoms with Gasteiger partial charge in [0.05, 0.1) is 26.4 Å². The van der Waals surface area contributed by atoms with Crippen LogP contribution in [0.3, 0.4) is 0 Å². The van der Waals surface area contributed by atoms with E-state index in [9.17, 15) is 9.59 Å².